The second kappa shape index (κ2) is 5.13. The molecule has 0 radical (unpaired) electrons. The molecule has 0 heterocycles. The molecule has 104 valence electrons. The van der Waals surface area contributed by atoms with Gasteiger partial charge in [-0.1, -0.05) is 6.92 Å². The van der Waals surface area contributed by atoms with Crippen molar-refractivity contribution in [1.29, 1.82) is 0 Å². The van der Waals surface area contributed by atoms with Crippen molar-refractivity contribution < 1.29 is 19.1 Å². The molecule has 1 atom stereocenters. The van der Waals surface area contributed by atoms with Crippen molar-refractivity contribution in [3.63, 3.8) is 0 Å². The van der Waals surface area contributed by atoms with Crippen LogP contribution in [0.4, 0.5) is 15.8 Å². The van der Waals surface area contributed by atoms with Crippen LogP contribution in [0.2, 0.25) is 0 Å². The zero-order valence-corrected chi connectivity index (χ0v) is 10.7. The maximum Gasteiger partial charge on any atom is 0.337 e. The molecule has 6 N–H and O–H groups in total. The third kappa shape index (κ3) is 2.93. The monoisotopic (exact) mass is 269 g/mol. The summed E-state index contributed by atoms with van der Waals surface area (Å²) < 4.78 is 13.7. The Kier molecular flexibility index (Phi) is 3.98. The molecule has 0 bridgehead atoms. The van der Waals surface area contributed by atoms with Crippen LogP contribution in [0, 0.1) is 5.82 Å². The smallest absolute Gasteiger partial charge is 0.337 e. The minimum atomic E-state index is -1.28. The van der Waals surface area contributed by atoms with Crippen LogP contribution >= 0.6 is 0 Å². The molecule has 0 spiro atoms. The number of halogens is 1. The zero-order chi connectivity index (χ0) is 14.8. The largest absolute Gasteiger partial charge is 0.478 e. The van der Waals surface area contributed by atoms with Crippen LogP contribution in [0.3, 0.4) is 0 Å². The number of carbonyl (C=O) groups is 2. The van der Waals surface area contributed by atoms with Crippen LogP contribution in [0.15, 0.2) is 12.1 Å². The molecule has 6 nitrogen and oxygen atoms in total. The van der Waals surface area contributed by atoms with Gasteiger partial charge in [-0.2, -0.15) is 0 Å². The van der Waals surface area contributed by atoms with Crippen molar-refractivity contribution in [1.82, 2.24) is 0 Å². The fourth-order valence-corrected chi connectivity index (χ4v) is 1.49. The van der Waals surface area contributed by atoms with E-state index in [0.717, 1.165) is 12.1 Å². The highest BCUT2D eigenvalue weighted by Gasteiger charge is 2.30. The van der Waals surface area contributed by atoms with E-state index in [0.29, 0.717) is 6.42 Å². The molecule has 7 heteroatoms. The summed E-state index contributed by atoms with van der Waals surface area (Å²) in [7, 11) is 0. The highest BCUT2D eigenvalue weighted by molar-refractivity contribution is 5.95. The quantitative estimate of drug-likeness (QED) is 0.598. The zero-order valence-electron chi connectivity index (χ0n) is 10.7. The second-order valence-corrected chi connectivity index (χ2v) is 4.40. The number of carbonyl (C=O) groups excluding carboxylic acids is 1. The molecule has 1 aromatic carbocycles. The van der Waals surface area contributed by atoms with Gasteiger partial charge in [-0.3, -0.25) is 4.79 Å². The first-order valence-corrected chi connectivity index (χ1v) is 5.61. The Labute approximate surface area is 109 Å². The average molecular weight is 269 g/mol. The number of carboxylic acid groups (broad SMARTS) is 1. The van der Waals surface area contributed by atoms with E-state index in [1.807, 2.05) is 0 Å². The van der Waals surface area contributed by atoms with Crippen molar-refractivity contribution in [3.05, 3.63) is 23.5 Å². The molecule has 0 aromatic heterocycles. The number of amides is 1. The molecule has 1 amide bonds. The van der Waals surface area contributed by atoms with Crippen LogP contribution in [0.25, 0.3) is 0 Å². The minimum absolute atomic E-state index is 0.130. The molecule has 0 aliphatic heterocycles. The van der Waals surface area contributed by atoms with Gasteiger partial charge in [0.05, 0.1) is 11.3 Å². The fourth-order valence-electron chi connectivity index (χ4n) is 1.49. The molecule has 0 aliphatic carbocycles. The molecule has 0 saturated heterocycles. The highest BCUT2D eigenvalue weighted by Crippen LogP contribution is 2.26. The Bertz CT molecular complexity index is 533. The first-order chi connectivity index (χ1) is 8.71. The van der Waals surface area contributed by atoms with Gasteiger partial charge in [0.1, 0.15) is 11.4 Å². The van der Waals surface area contributed by atoms with Gasteiger partial charge in [0.2, 0.25) is 5.91 Å². The summed E-state index contributed by atoms with van der Waals surface area (Å²) in [4.78, 5) is 22.3. The Hall–Kier alpha value is -2.31. The Morgan fingerprint density at radius 3 is 2.47 bits per heavy atom. The van der Waals surface area contributed by atoms with E-state index in [4.69, 9.17) is 16.6 Å². The summed E-state index contributed by atoms with van der Waals surface area (Å²) in [5.74, 6) is -2.69. The SMILES string of the molecule is CCC(C)(Nc1cc(C(=O)O)c(N)cc1F)C(N)=O. The number of carboxylic acids is 1. The molecule has 1 unspecified atom stereocenters. The number of nitrogens with one attached hydrogen (secondary N) is 1. The molecule has 1 rings (SSSR count). The van der Waals surface area contributed by atoms with Crippen LogP contribution in [-0.2, 0) is 4.79 Å². The van der Waals surface area contributed by atoms with Crippen molar-refractivity contribution in [2.75, 3.05) is 11.1 Å². The lowest BCUT2D eigenvalue weighted by Crippen LogP contribution is -2.47. The molecule has 1 aromatic rings. The Balaban J connectivity index is 3.25. The van der Waals surface area contributed by atoms with E-state index in [1.54, 1.807) is 6.92 Å². The average Bonchev–Trinajstić information content (AvgIpc) is 2.31. The molecule has 0 fully saturated rings. The summed E-state index contributed by atoms with van der Waals surface area (Å²) in [5, 5.41) is 11.6. The molecule has 0 aliphatic rings. The Morgan fingerprint density at radius 2 is 2.05 bits per heavy atom. The summed E-state index contributed by atoms with van der Waals surface area (Å²) in [6, 6.07) is 1.94. The number of hydrogen-bond donors (Lipinski definition) is 4. The number of aromatic carboxylic acids is 1. The van der Waals surface area contributed by atoms with E-state index >= 15 is 0 Å². The van der Waals surface area contributed by atoms with Crippen molar-refractivity contribution in [2.24, 2.45) is 5.73 Å². The first kappa shape index (κ1) is 14.7. The van der Waals surface area contributed by atoms with Gasteiger partial charge in [0, 0.05) is 5.69 Å². The Morgan fingerprint density at radius 1 is 1.47 bits per heavy atom. The summed E-state index contributed by atoms with van der Waals surface area (Å²) in [5.41, 5.74) is 8.91. The number of hydrogen-bond acceptors (Lipinski definition) is 4. The van der Waals surface area contributed by atoms with Gasteiger partial charge in [-0.25, -0.2) is 9.18 Å². The first-order valence-electron chi connectivity index (χ1n) is 5.61. The summed E-state index contributed by atoms with van der Waals surface area (Å²) in [6.45, 7) is 3.21. The number of anilines is 2. The lowest BCUT2D eigenvalue weighted by atomic mass is 9.97. The number of nitrogens with two attached hydrogens (primary N) is 2. The topological polar surface area (TPSA) is 118 Å². The second-order valence-electron chi connectivity index (χ2n) is 4.40. The van der Waals surface area contributed by atoms with E-state index in [-0.39, 0.29) is 16.9 Å². The fraction of sp³-hybridized carbons (Fsp3) is 0.333. The predicted octanol–water partition coefficient (Wildman–Crippen LogP) is 1.17. The van der Waals surface area contributed by atoms with Crippen LogP contribution in [-0.4, -0.2) is 22.5 Å². The molecule has 0 saturated carbocycles. The minimum Gasteiger partial charge on any atom is -0.478 e. The van der Waals surface area contributed by atoms with Gasteiger partial charge in [0.15, 0.2) is 0 Å². The number of benzene rings is 1. The predicted molar refractivity (Wildman–Crippen MR) is 69.3 cm³/mol. The van der Waals surface area contributed by atoms with Gasteiger partial charge in [-0.15, -0.1) is 0 Å². The van der Waals surface area contributed by atoms with Crippen molar-refractivity contribution in [3.8, 4) is 0 Å². The van der Waals surface area contributed by atoms with E-state index < -0.39 is 23.2 Å². The number of primary amides is 1. The van der Waals surface area contributed by atoms with Crippen LogP contribution in [0.1, 0.15) is 30.6 Å². The normalized spacial score (nSPS) is 13.6. The van der Waals surface area contributed by atoms with Gasteiger partial charge >= 0.3 is 5.97 Å². The molecular formula is C12H16FN3O3. The van der Waals surface area contributed by atoms with E-state index in [9.17, 15) is 14.0 Å². The molecular weight excluding hydrogens is 253 g/mol. The highest BCUT2D eigenvalue weighted by atomic mass is 19.1. The van der Waals surface area contributed by atoms with Gasteiger partial charge in [-0.05, 0) is 25.5 Å². The third-order valence-electron chi connectivity index (χ3n) is 3.03. The van der Waals surface area contributed by atoms with E-state index in [2.05, 4.69) is 5.32 Å². The maximum atomic E-state index is 13.7. The number of nitrogen functional groups attached to an aromatic ring is 1. The molecule has 19 heavy (non-hydrogen) atoms. The van der Waals surface area contributed by atoms with Crippen molar-refractivity contribution in [2.45, 2.75) is 25.8 Å². The summed E-state index contributed by atoms with van der Waals surface area (Å²) in [6.07, 6.45) is 0.314. The lowest BCUT2D eigenvalue weighted by Gasteiger charge is -2.27. The standard InChI is InChI=1S/C12H16FN3O3/c1-3-12(2,11(15)19)16-9-4-6(10(17)18)8(14)5-7(9)13/h4-5,16H,3,14H2,1-2H3,(H2,15,19)(H,17,18). The maximum absolute atomic E-state index is 13.7. The van der Waals surface area contributed by atoms with Crippen LogP contribution in [0.5, 0.6) is 0 Å². The van der Waals surface area contributed by atoms with Gasteiger partial charge in [0.25, 0.3) is 0 Å². The van der Waals surface area contributed by atoms with Crippen molar-refractivity contribution >= 4 is 23.3 Å². The lowest BCUT2D eigenvalue weighted by molar-refractivity contribution is -0.121. The van der Waals surface area contributed by atoms with Crippen LogP contribution < -0.4 is 16.8 Å². The third-order valence-corrected chi connectivity index (χ3v) is 3.03. The van der Waals surface area contributed by atoms with E-state index in [1.165, 1.54) is 6.92 Å². The number of rotatable bonds is 5. The summed E-state index contributed by atoms with van der Waals surface area (Å²) >= 11 is 0. The van der Waals surface area contributed by atoms with Gasteiger partial charge < -0.3 is 21.9 Å².